The standard InChI is InChI=1S/C16H18N2O2/c1-3-6-14(11(2)19)18-16(20)13-9-10-17-15-8-5-4-7-12(13)15/h4-5,7-10,14H,3,6H2,1-2H3,(H,18,20)/t14-/m1/s1. The molecular weight excluding hydrogens is 252 g/mol. The van der Waals surface area contributed by atoms with Crippen LogP contribution in [-0.2, 0) is 4.79 Å². The van der Waals surface area contributed by atoms with Crippen molar-refractivity contribution in [3.63, 3.8) is 0 Å². The highest BCUT2D eigenvalue weighted by molar-refractivity contribution is 6.07. The number of para-hydroxylation sites is 1. The molecule has 4 heteroatoms. The van der Waals surface area contributed by atoms with Gasteiger partial charge in [-0.2, -0.15) is 0 Å². The van der Waals surface area contributed by atoms with Gasteiger partial charge in [-0.15, -0.1) is 0 Å². The zero-order valence-corrected chi connectivity index (χ0v) is 11.7. The Morgan fingerprint density at radius 2 is 2.00 bits per heavy atom. The highest BCUT2D eigenvalue weighted by Crippen LogP contribution is 2.16. The molecule has 0 fully saturated rings. The molecule has 1 aromatic heterocycles. The first-order chi connectivity index (χ1) is 9.63. The summed E-state index contributed by atoms with van der Waals surface area (Å²) in [6.45, 7) is 3.50. The monoisotopic (exact) mass is 270 g/mol. The number of ketones is 1. The molecule has 1 heterocycles. The predicted molar refractivity (Wildman–Crippen MR) is 78.6 cm³/mol. The molecule has 1 aromatic carbocycles. The van der Waals surface area contributed by atoms with Gasteiger partial charge < -0.3 is 5.32 Å². The van der Waals surface area contributed by atoms with Gasteiger partial charge in [-0.3, -0.25) is 14.6 Å². The number of nitrogens with zero attached hydrogens (tertiary/aromatic N) is 1. The van der Waals surface area contributed by atoms with E-state index in [2.05, 4.69) is 10.3 Å². The summed E-state index contributed by atoms with van der Waals surface area (Å²) in [4.78, 5) is 28.1. The van der Waals surface area contributed by atoms with Gasteiger partial charge in [-0.1, -0.05) is 31.5 Å². The molecule has 2 rings (SSSR count). The minimum Gasteiger partial charge on any atom is -0.342 e. The molecule has 0 aliphatic heterocycles. The molecule has 1 amide bonds. The lowest BCUT2D eigenvalue weighted by atomic mass is 10.1. The smallest absolute Gasteiger partial charge is 0.252 e. The number of rotatable bonds is 5. The van der Waals surface area contributed by atoms with Crippen LogP contribution < -0.4 is 5.32 Å². The van der Waals surface area contributed by atoms with Crippen molar-refractivity contribution in [1.29, 1.82) is 0 Å². The van der Waals surface area contributed by atoms with E-state index in [1.165, 1.54) is 6.92 Å². The van der Waals surface area contributed by atoms with Crippen LogP contribution in [-0.4, -0.2) is 22.7 Å². The van der Waals surface area contributed by atoms with Crippen LogP contribution in [0.3, 0.4) is 0 Å². The van der Waals surface area contributed by atoms with E-state index >= 15 is 0 Å². The fraction of sp³-hybridized carbons (Fsp3) is 0.312. The number of nitrogens with one attached hydrogen (secondary N) is 1. The van der Waals surface area contributed by atoms with Crippen molar-refractivity contribution in [2.75, 3.05) is 0 Å². The number of Topliss-reactive ketones (excluding diaryl/α,β-unsaturated/α-hetero) is 1. The Morgan fingerprint density at radius 3 is 2.70 bits per heavy atom. The number of hydrogen-bond acceptors (Lipinski definition) is 3. The summed E-state index contributed by atoms with van der Waals surface area (Å²) in [5, 5.41) is 3.61. The van der Waals surface area contributed by atoms with E-state index in [4.69, 9.17) is 0 Å². The van der Waals surface area contributed by atoms with Crippen LogP contribution in [0, 0.1) is 0 Å². The normalized spacial score (nSPS) is 12.1. The average Bonchev–Trinajstić information content (AvgIpc) is 2.46. The quantitative estimate of drug-likeness (QED) is 0.908. The third-order valence-corrected chi connectivity index (χ3v) is 3.27. The van der Waals surface area contributed by atoms with E-state index in [0.29, 0.717) is 12.0 Å². The molecule has 20 heavy (non-hydrogen) atoms. The molecule has 0 saturated heterocycles. The number of carbonyl (C=O) groups excluding carboxylic acids is 2. The van der Waals surface area contributed by atoms with Crippen molar-refractivity contribution in [2.24, 2.45) is 0 Å². The topological polar surface area (TPSA) is 59.1 Å². The number of amides is 1. The Morgan fingerprint density at radius 1 is 1.25 bits per heavy atom. The number of carbonyl (C=O) groups is 2. The fourth-order valence-electron chi connectivity index (χ4n) is 2.20. The summed E-state index contributed by atoms with van der Waals surface area (Å²) in [6.07, 6.45) is 3.12. The number of fused-ring (bicyclic) bond motifs is 1. The molecular formula is C16H18N2O2. The molecule has 0 bridgehead atoms. The summed E-state index contributed by atoms with van der Waals surface area (Å²) >= 11 is 0. The lowest BCUT2D eigenvalue weighted by Gasteiger charge is -2.15. The van der Waals surface area contributed by atoms with Gasteiger partial charge in [0, 0.05) is 11.6 Å². The van der Waals surface area contributed by atoms with Crippen LogP contribution in [0.4, 0.5) is 0 Å². The van der Waals surface area contributed by atoms with Crippen molar-refractivity contribution in [2.45, 2.75) is 32.7 Å². The Kier molecular flexibility index (Phi) is 4.45. The first-order valence-electron chi connectivity index (χ1n) is 6.78. The third-order valence-electron chi connectivity index (χ3n) is 3.27. The molecule has 0 radical (unpaired) electrons. The molecule has 0 unspecified atom stereocenters. The summed E-state index contributed by atoms with van der Waals surface area (Å²) in [5.41, 5.74) is 1.33. The Bertz CT molecular complexity index is 632. The van der Waals surface area contributed by atoms with Crippen LogP contribution in [0.1, 0.15) is 37.0 Å². The lowest BCUT2D eigenvalue weighted by Crippen LogP contribution is -2.39. The molecule has 0 spiro atoms. The Hall–Kier alpha value is -2.23. The Labute approximate surface area is 118 Å². The summed E-state index contributed by atoms with van der Waals surface area (Å²) in [5.74, 6) is -0.240. The van der Waals surface area contributed by atoms with Crippen molar-refractivity contribution >= 4 is 22.6 Å². The van der Waals surface area contributed by atoms with E-state index in [0.717, 1.165) is 17.3 Å². The maximum Gasteiger partial charge on any atom is 0.252 e. The molecule has 4 nitrogen and oxygen atoms in total. The van der Waals surface area contributed by atoms with Gasteiger partial charge in [-0.05, 0) is 25.5 Å². The minimum absolute atomic E-state index is 0.0152. The summed E-state index contributed by atoms with van der Waals surface area (Å²) in [7, 11) is 0. The van der Waals surface area contributed by atoms with Gasteiger partial charge in [0.25, 0.3) is 5.91 Å². The average molecular weight is 270 g/mol. The van der Waals surface area contributed by atoms with Crippen molar-refractivity contribution in [1.82, 2.24) is 10.3 Å². The van der Waals surface area contributed by atoms with Gasteiger partial charge in [0.05, 0.1) is 17.1 Å². The van der Waals surface area contributed by atoms with Crippen LogP contribution >= 0.6 is 0 Å². The molecule has 1 atom stereocenters. The van der Waals surface area contributed by atoms with E-state index in [1.807, 2.05) is 31.2 Å². The summed E-state index contributed by atoms with van der Waals surface area (Å²) in [6, 6.07) is 8.74. The summed E-state index contributed by atoms with van der Waals surface area (Å²) < 4.78 is 0. The maximum atomic E-state index is 12.4. The van der Waals surface area contributed by atoms with Crippen molar-refractivity contribution in [3.05, 3.63) is 42.1 Å². The second-order valence-corrected chi connectivity index (χ2v) is 4.80. The SMILES string of the molecule is CCC[C@@H](NC(=O)c1ccnc2ccccc12)C(C)=O. The molecule has 2 aromatic rings. The van der Waals surface area contributed by atoms with Gasteiger partial charge >= 0.3 is 0 Å². The predicted octanol–water partition coefficient (Wildman–Crippen LogP) is 2.72. The fourth-order valence-corrected chi connectivity index (χ4v) is 2.20. The Balaban J connectivity index is 2.29. The molecule has 0 saturated carbocycles. The van der Waals surface area contributed by atoms with Crippen molar-refractivity contribution in [3.8, 4) is 0 Å². The second kappa shape index (κ2) is 6.28. The molecule has 104 valence electrons. The van der Waals surface area contributed by atoms with Crippen LogP contribution in [0.5, 0.6) is 0 Å². The highest BCUT2D eigenvalue weighted by atomic mass is 16.2. The second-order valence-electron chi connectivity index (χ2n) is 4.80. The third kappa shape index (κ3) is 3.02. The first kappa shape index (κ1) is 14.2. The number of benzene rings is 1. The van der Waals surface area contributed by atoms with E-state index in [1.54, 1.807) is 12.3 Å². The number of pyridine rings is 1. The molecule has 0 aliphatic rings. The van der Waals surface area contributed by atoms with Crippen LogP contribution in [0.15, 0.2) is 36.5 Å². The van der Waals surface area contributed by atoms with E-state index in [9.17, 15) is 9.59 Å². The van der Waals surface area contributed by atoms with Gasteiger partial charge in [-0.25, -0.2) is 0 Å². The van der Waals surface area contributed by atoms with E-state index < -0.39 is 6.04 Å². The zero-order chi connectivity index (χ0) is 14.5. The lowest BCUT2D eigenvalue weighted by molar-refractivity contribution is -0.118. The maximum absolute atomic E-state index is 12.4. The van der Waals surface area contributed by atoms with E-state index in [-0.39, 0.29) is 11.7 Å². The van der Waals surface area contributed by atoms with Gasteiger partial charge in [0.15, 0.2) is 5.78 Å². The minimum atomic E-state index is -0.417. The van der Waals surface area contributed by atoms with Crippen LogP contribution in [0.2, 0.25) is 0 Å². The largest absolute Gasteiger partial charge is 0.342 e. The molecule has 0 aliphatic carbocycles. The van der Waals surface area contributed by atoms with Gasteiger partial charge in [0.2, 0.25) is 0 Å². The highest BCUT2D eigenvalue weighted by Gasteiger charge is 2.18. The van der Waals surface area contributed by atoms with Gasteiger partial charge in [0.1, 0.15) is 0 Å². The number of aromatic nitrogens is 1. The van der Waals surface area contributed by atoms with Crippen LogP contribution in [0.25, 0.3) is 10.9 Å². The zero-order valence-electron chi connectivity index (χ0n) is 11.7. The first-order valence-corrected chi connectivity index (χ1v) is 6.78. The van der Waals surface area contributed by atoms with Crippen molar-refractivity contribution < 1.29 is 9.59 Å². The number of hydrogen-bond donors (Lipinski definition) is 1. The molecule has 1 N–H and O–H groups in total.